The molecule has 2 nitrogen and oxygen atoms in total. The van der Waals surface area contributed by atoms with Crippen molar-refractivity contribution < 1.29 is 13.6 Å². The molecule has 0 heterocycles. The smallest absolute Gasteiger partial charge is 0.256 e. The zero-order valence-corrected chi connectivity index (χ0v) is 10.7. The average molecular weight is 312 g/mol. The van der Waals surface area contributed by atoms with Gasteiger partial charge in [-0.05, 0) is 52.3 Å². The van der Waals surface area contributed by atoms with Crippen molar-refractivity contribution in [1.82, 2.24) is 0 Å². The third kappa shape index (κ3) is 2.73. The minimum Gasteiger partial charge on any atom is -0.322 e. The third-order valence-corrected chi connectivity index (χ3v) is 3.10. The van der Waals surface area contributed by atoms with Gasteiger partial charge in [0.15, 0.2) is 0 Å². The van der Waals surface area contributed by atoms with Crippen LogP contribution in [-0.2, 0) is 0 Å². The predicted octanol–water partition coefficient (Wildman–Crippen LogP) is 3.98. The van der Waals surface area contributed by atoms with Gasteiger partial charge in [0.1, 0.15) is 11.6 Å². The number of hydrogen-bond donors (Lipinski definition) is 1. The van der Waals surface area contributed by atoms with E-state index in [-0.39, 0.29) is 15.9 Å². The van der Waals surface area contributed by atoms with Crippen LogP contribution in [-0.4, -0.2) is 5.91 Å². The molecule has 0 saturated carbocycles. The Hall–Kier alpha value is -1.75. The molecule has 1 N–H and O–H groups in total. The lowest BCUT2D eigenvalue weighted by Gasteiger charge is -2.07. The summed E-state index contributed by atoms with van der Waals surface area (Å²) in [7, 11) is 0. The third-order valence-electron chi connectivity index (χ3n) is 2.30. The summed E-state index contributed by atoms with van der Waals surface area (Å²) in [5.74, 6) is -1.37. The molecule has 0 bridgehead atoms. The first-order valence-corrected chi connectivity index (χ1v) is 5.88. The molecule has 0 atom stereocenters. The Morgan fingerprint density at radius 3 is 2.39 bits per heavy atom. The number of carbonyl (C=O) groups is 1. The lowest BCUT2D eigenvalue weighted by molar-refractivity contribution is 0.102. The minimum atomic E-state index is -0.512. The molecule has 2 rings (SSSR count). The summed E-state index contributed by atoms with van der Waals surface area (Å²) < 4.78 is 26.1. The van der Waals surface area contributed by atoms with Crippen molar-refractivity contribution >= 4 is 27.5 Å². The summed E-state index contributed by atoms with van der Waals surface area (Å²) in [5, 5.41) is 2.55. The molecule has 5 heteroatoms. The highest BCUT2D eigenvalue weighted by Crippen LogP contribution is 2.21. The summed E-state index contributed by atoms with van der Waals surface area (Å²) >= 11 is 3.01. The highest BCUT2D eigenvalue weighted by Gasteiger charge is 2.12. The van der Waals surface area contributed by atoms with E-state index in [1.54, 1.807) is 0 Å². The number of halogens is 3. The van der Waals surface area contributed by atoms with Gasteiger partial charge in [-0.25, -0.2) is 8.78 Å². The van der Waals surface area contributed by atoms with Crippen LogP contribution < -0.4 is 5.32 Å². The normalized spacial score (nSPS) is 10.2. The second kappa shape index (κ2) is 5.27. The number of nitrogens with one attached hydrogen (secondary N) is 1. The van der Waals surface area contributed by atoms with Gasteiger partial charge in [0.05, 0.1) is 10.0 Å². The largest absolute Gasteiger partial charge is 0.322 e. The topological polar surface area (TPSA) is 29.1 Å². The molecule has 0 aliphatic carbocycles. The zero-order valence-electron chi connectivity index (χ0n) is 9.08. The van der Waals surface area contributed by atoms with Crippen LogP contribution in [0.15, 0.2) is 46.9 Å². The highest BCUT2D eigenvalue weighted by molar-refractivity contribution is 9.10. The van der Waals surface area contributed by atoms with Gasteiger partial charge in [-0.15, -0.1) is 0 Å². The Bertz CT molecular complexity index is 584. The number of carbonyl (C=O) groups excluding carboxylic acids is 1. The van der Waals surface area contributed by atoms with E-state index >= 15 is 0 Å². The molecule has 18 heavy (non-hydrogen) atoms. The molecule has 1 amide bonds. The molecule has 0 aliphatic heterocycles. The summed E-state index contributed by atoms with van der Waals surface area (Å²) in [5.41, 5.74) is 0.622. The lowest BCUT2D eigenvalue weighted by atomic mass is 10.2. The Morgan fingerprint density at radius 2 is 1.72 bits per heavy atom. The minimum absolute atomic E-state index is 0.101. The molecule has 0 fully saturated rings. The standard InChI is InChI=1S/C13H8BrF2NO/c14-12-10(2-1-3-11(12)16)13(18)17-9-6-4-8(15)5-7-9/h1-7H,(H,17,18). The SMILES string of the molecule is O=C(Nc1ccc(F)cc1)c1cccc(F)c1Br. The highest BCUT2D eigenvalue weighted by atomic mass is 79.9. The van der Waals surface area contributed by atoms with Crippen molar-refractivity contribution in [2.75, 3.05) is 5.32 Å². The number of rotatable bonds is 2. The fraction of sp³-hybridized carbons (Fsp3) is 0. The van der Waals surface area contributed by atoms with Crippen molar-refractivity contribution in [3.05, 3.63) is 64.1 Å². The van der Waals surface area contributed by atoms with Gasteiger partial charge in [-0.1, -0.05) is 6.07 Å². The van der Waals surface area contributed by atoms with Gasteiger partial charge < -0.3 is 5.32 Å². The number of hydrogen-bond acceptors (Lipinski definition) is 1. The predicted molar refractivity (Wildman–Crippen MR) is 68.5 cm³/mol. The second-order valence-corrected chi connectivity index (χ2v) is 4.36. The summed E-state index contributed by atoms with van der Waals surface area (Å²) in [6.07, 6.45) is 0. The first-order valence-electron chi connectivity index (χ1n) is 5.09. The van der Waals surface area contributed by atoms with Crippen molar-refractivity contribution in [1.29, 1.82) is 0 Å². The maximum atomic E-state index is 13.3. The molecule has 0 spiro atoms. The molecule has 0 saturated heterocycles. The van der Waals surface area contributed by atoms with Crippen LogP contribution >= 0.6 is 15.9 Å². The van der Waals surface area contributed by atoms with Crippen LogP contribution in [0.2, 0.25) is 0 Å². The average Bonchev–Trinajstić information content (AvgIpc) is 2.35. The van der Waals surface area contributed by atoms with Crippen LogP contribution in [0.1, 0.15) is 10.4 Å². The van der Waals surface area contributed by atoms with Gasteiger partial charge in [0.2, 0.25) is 0 Å². The van der Waals surface area contributed by atoms with E-state index < -0.39 is 11.7 Å². The van der Waals surface area contributed by atoms with Crippen molar-refractivity contribution in [3.63, 3.8) is 0 Å². The Kier molecular flexibility index (Phi) is 3.72. The van der Waals surface area contributed by atoms with Crippen LogP contribution in [0.4, 0.5) is 14.5 Å². The summed E-state index contributed by atoms with van der Waals surface area (Å²) in [4.78, 5) is 11.9. The van der Waals surface area contributed by atoms with E-state index in [9.17, 15) is 13.6 Å². The number of amides is 1. The van der Waals surface area contributed by atoms with Crippen LogP contribution in [0.3, 0.4) is 0 Å². The van der Waals surface area contributed by atoms with E-state index in [0.717, 1.165) is 0 Å². The number of benzene rings is 2. The van der Waals surface area contributed by atoms with Gasteiger partial charge in [0, 0.05) is 5.69 Å². The Morgan fingerprint density at radius 1 is 1.06 bits per heavy atom. The van der Waals surface area contributed by atoms with Gasteiger partial charge in [0.25, 0.3) is 5.91 Å². The molecular formula is C13H8BrF2NO. The molecule has 2 aromatic carbocycles. The Labute approximate surface area is 111 Å². The molecule has 92 valence electrons. The fourth-order valence-corrected chi connectivity index (χ4v) is 1.86. The van der Waals surface area contributed by atoms with Gasteiger partial charge in [-0.2, -0.15) is 0 Å². The van der Waals surface area contributed by atoms with E-state index in [2.05, 4.69) is 21.2 Å². The summed E-state index contributed by atoms with van der Waals surface area (Å²) in [6, 6.07) is 9.51. The molecule has 0 radical (unpaired) electrons. The van der Waals surface area contributed by atoms with Crippen LogP contribution in [0.25, 0.3) is 0 Å². The van der Waals surface area contributed by atoms with E-state index in [1.807, 2.05) is 0 Å². The number of anilines is 1. The van der Waals surface area contributed by atoms with Crippen molar-refractivity contribution in [3.8, 4) is 0 Å². The van der Waals surface area contributed by atoms with Crippen molar-refractivity contribution in [2.24, 2.45) is 0 Å². The quantitative estimate of drug-likeness (QED) is 0.893. The molecule has 0 aliphatic rings. The lowest BCUT2D eigenvalue weighted by Crippen LogP contribution is -2.13. The maximum Gasteiger partial charge on any atom is 0.256 e. The van der Waals surface area contributed by atoms with E-state index in [0.29, 0.717) is 5.69 Å². The molecule has 0 unspecified atom stereocenters. The molecule has 0 aromatic heterocycles. The fourth-order valence-electron chi connectivity index (χ4n) is 1.41. The van der Waals surface area contributed by atoms with Crippen molar-refractivity contribution in [2.45, 2.75) is 0 Å². The molecule has 2 aromatic rings. The van der Waals surface area contributed by atoms with Gasteiger partial charge in [-0.3, -0.25) is 4.79 Å². The second-order valence-electron chi connectivity index (χ2n) is 3.56. The maximum absolute atomic E-state index is 13.3. The van der Waals surface area contributed by atoms with Crippen LogP contribution in [0, 0.1) is 11.6 Å². The van der Waals surface area contributed by atoms with E-state index in [1.165, 1.54) is 42.5 Å². The zero-order chi connectivity index (χ0) is 13.1. The first kappa shape index (κ1) is 12.7. The van der Waals surface area contributed by atoms with Gasteiger partial charge >= 0.3 is 0 Å². The molecular weight excluding hydrogens is 304 g/mol. The van der Waals surface area contributed by atoms with Crippen LogP contribution in [0.5, 0.6) is 0 Å². The van der Waals surface area contributed by atoms with E-state index in [4.69, 9.17) is 0 Å². The Balaban J connectivity index is 2.22. The monoisotopic (exact) mass is 311 g/mol. The first-order chi connectivity index (χ1) is 8.58. The summed E-state index contributed by atoms with van der Waals surface area (Å²) in [6.45, 7) is 0.